The van der Waals surface area contributed by atoms with Gasteiger partial charge in [-0.1, -0.05) is 28.6 Å². The summed E-state index contributed by atoms with van der Waals surface area (Å²) in [5, 5.41) is 8.48. The van der Waals surface area contributed by atoms with E-state index >= 15 is 0 Å². The van der Waals surface area contributed by atoms with Crippen molar-refractivity contribution in [2.24, 2.45) is 0 Å². The molecule has 1 aliphatic heterocycles. The van der Waals surface area contributed by atoms with Crippen LogP contribution in [0.25, 0.3) is 26.4 Å². The largest absolute Gasteiger partial charge is 0.492 e. The number of ether oxygens (including phenoxy) is 2. The van der Waals surface area contributed by atoms with E-state index in [4.69, 9.17) is 24.5 Å². The molecule has 0 bridgehead atoms. The van der Waals surface area contributed by atoms with E-state index in [0.29, 0.717) is 17.1 Å². The first-order valence-electron chi connectivity index (χ1n) is 15.4. The second-order valence-corrected chi connectivity index (χ2v) is 10.7. The zero-order valence-corrected chi connectivity index (χ0v) is 23.3. The first-order valence-corrected chi connectivity index (χ1v) is 13.9. The molecule has 5 aromatic rings. The molecule has 0 aliphatic carbocycles. The second kappa shape index (κ2) is 12.6. The molecule has 43 heavy (non-hydrogen) atoms. The van der Waals surface area contributed by atoms with Gasteiger partial charge < -0.3 is 19.3 Å². The van der Waals surface area contributed by atoms with E-state index in [1.54, 1.807) is 24.3 Å². The Morgan fingerprint density at radius 2 is 1.84 bits per heavy atom. The minimum absolute atomic E-state index is 0.178. The first-order chi connectivity index (χ1) is 22.6. The highest BCUT2D eigenvalue weighted by Crippen LogP contribution is 2.32. The van der Waals surface area contributed by atoms with Gasteiger partial charge in [-0.15, -0.1) is 0 Å². The molecule has 14 heteroatoms. The summed E-state index contributed by atoms with van der Waals surface area (Å²) in [6.07, 6.45) is 1.90. The monoisotopic (exact) mass is 618 g/mol. The number of hydrogen-bond donors (Lipinski definition) is 2. The lowest BCUT2D eigenvalue weighted by Crippen LogP contribution is -2.38. The number of thiazole rings is 1. The van der Waals surface area contributed by atoms with Gasteiger partial charge in [0.05, 0.1) is 37.5 Å². The third-order valence-electron chi connectivity index (χ3n) is 6.84. The Hall–Kier alpha value is -4.14. The molecule has 2 N–H and O–H groups in total. The van der Waals surface area contributed by atoms with Crippen LogP contribution in [0.4, 0.5) is 29.5 Å². The van der Waals surface area contributed by atoms with Crippen molar-refractivity contribution in [2.45, 2.75) is 5.41 Å². The van der Waals surface area contributed by atoms with Crippen molar-refractivity contribution in [3.63, 3.8) is 0 Å². The van der Waals surface area contributed by atoms with E-state index in [2.05, 4.69) is 15.8 Å². The van der Waals surface area contributed by atoms with Crippen LogP contribution < -0.4 is 15.4 Å². The molecular formula is C29H29F3N6O4S. The van der Waals surface area contributed by atoms with Crippen molar-refractivity contribution in [3.05, 3.63) is 60.4 Å². The summed E-state index contributed by atoms with van der Waals surface area (Å²) in [6.45, 7) is -8.10. The second-order valence-electron chi connectivity index (χ2n) is 9.72. The Morgan fingerprint density at radius 3 is 2.58 bits per heavy atom. The molecule has 0 radical (unpaired) electrons. The van der Waals surface area contributed by atoms with E-state index in [-0.39, 0.29) is 24.7 Å². The fourth-order valence-electron chi connectivity index (χ4n) is 4.35. The van der Waals surface area contributed by atoms with Gasteiger partial charge in [0.1, 0.15) is 37.8 Å². The maximum absolute atomic E-state index is 13.3. The molecule has 6 rings (SSSR count). The van der Waals surface area contributed by atoms with E-state index < -0.39 is 57.7 Å². The smallest absolute Gasteiger partial charge is 0.326 e. The summed E-state index contributed by atoms with van der Waals surface area (Å²) in [5.41, 5.74) is 0.539. The molecule has 0 spiro atoms. The van der Waals surface area contributed by atoms with Crippen molar-refractivity contribution in [2.75, 3.05) is 70.0 Å². The van der Waals surface area contributed by atoms with Crippen LogP contribution in [0.1, 0.15) is 11.2 Å². The predicted molar refractivity (Wildman–Crippen MR) is 158 cm³/mol. The summed E-state index contributed by atoms with van der Waals surface area (Å²) < 4.78 is 90.2. The molecule has 4 unspecified atom stereocenters. The Morgan fingerprint density at radius 1 is 1.07 bits per heavy atom. The highest BCUT2D eigenvalue weighted by Gasteiger charge is 2.37. The van der Waals surface area contributed by atoms with Gasteiger partial charge in [-0.05, 0) is 30.3 Å². The molecule has 1 fully saturated rings. The van der Waals surface area contributed by atoms with Crippen molar-refractivity contribution in [3.8, 4) is 17.0 Å². The minimum Gasteiger partial charge on any atom is -0.492 e. The summed E-state index contributed by atoms with van der Waals surface area (Å²) >= 11 is 1.47. The summed E-state index contributed by atoms with van der Waals surface area (Å²) in [5.74, 6) is 0.410. The number of nitrogens with zero attached hydrogens (tertiary/aromatic N) is 4. The molecular weight excluding hydrogens is 585 g/mol. The number of carbonyl (C=O) groups excluding carboxylic acids is 1. The standard InChI is InChI=1S/C29H29F3N6O4S/c30-16-29(17-31,18-32)25-14-26(42-36-25)35-27(39)33-20-3-1-19(2-4-20)22-15-38-23-6-5-21(13-24(23)43-28(38)34-22)41-12-9-37-7-10-40-11-8-37/h1-6,13-15H,7-12,16-18H2,(H2,33,35,39)/i7D,8D,10D,11D. The van der Waals surface area contributed by atoms with Crippen molar-refractivity contribution >= 4 is 44.1 Å². The highest BCUT2D eigenvalue weighted by atomic mass is 32.1. The maximum atomic E-state index is 13.3. The molecule has 1 saturated heterocycles. The zero-order valence-electron chi connectivity index (χ0n) is 26.5. The quantitative estimate of drug-likeness (QED) is 0.196. The van der Waals surface area contributed by atoms with Crippen molar-refractivity contribution in [1.82, 2.24) is 19.4 Å². The summed E-state index contributed by atoms with van der Waals surface area (Å²) in [4.78, 5) is 19.3. The molecule has 2 amide bonds. The van der Waals surface area contributed by atoms with Crippen LogP contribution in [0.5, 0.6) is 5.75 Å². The van der Waals surface area contributed by atoms with Gasteiger partial charge in [-0.3, -0.25) is 14.6 Å². The molecule has 3 aromatic heterocycles. The van der Waals surface area contributed by atoms with Crippen LogP contribution in [0.2, 0.25) is 0 Å². The fraction of sp³-hybridized carbons (Fsp3) is 0.345. The number of halogens is 3. The number of aromatic nitrogens is 3. The van der Waals surface area contributed by atoms with E-state index in [9.17, 15) is 18.0 Å². The maximum Gasteiger partial charge on any atom is 0.326 e. The first kappa shape index (κ1) is 24.3. The number of amides is 2. The predicted octanol–water partition coefficient (Wildman–Crippen LogP) is 5.71. The van der Waals surface area contributed by atoms with Crippen molar-refractivity contribution in [1.29, 1.82) is 0 Å². The third-order valence-corrected chi connectivity index (χ3v) is 7.86. The molecule has 0 saturated carbocycles. The van der Waals surface area contributed by atoms with Crippen LogP contribution in [0, 0.1) is 0 Å². The fourth-order valence-corrected chi connectivity index (χ4v) is 5.38. The summed E-state index contributed by atoms with van der Waals surface area (Å²) in [7, 11) is 0. The lowest BCUT2D eigenvalue weighted by molar-refractivity contribution is 0.0322. The van der Waals surface area contributed by atoms with Crippen LogP contribution >= 0.6 is 11.3 Å². The number of fused-ring (bicyclic) bond motifs is 3. The Bertz CT molecular complexity index is 1830. The molecule has 2 aromatic carbocycles. The van der Waals surface area contributed by atoms with Crippen LogP contribution in [0.3, 0.4) is 0 Å². The number of carbonyl (C=O) groups is 1. The molecule has 4 heterocycles. The average Bonchev–Trinajstić information content (AvgIpc) is 3.79. The number of benzene rings is 2. The highest BCUT2D eigenvalue weighted by molar-refractivity contribution is 7.23. The van der Waals surface area contributed by atoms with Gasteiger partial charge in [0.2, 0.25) is 5.88 Å². The Kier molecular flexibility index (Phi) is 7.13. The molecule has 226 valence electrons. The number of morpholine rings is 1. The molecule has 10 nitrogen and oxygen atoms in total. The van der Waals surface area contributed by atoms with E-state index in [1.165, 1.54) is 16.2 Å². The van der Waals surface area contributed by atoms with Crippen molar-refractivity contribution < 1.29 is 37.4 Å². The number of nitrogens with one attached hydrogen (secondary N) is 2. The lowest BCUT2D eigenvalue weighted by Gasteiger charge is -2.26. The Balaban J connectivity index is 1.06. The number of imidazole rings is 1. The van der Waals surface area contributed by atoms with Gasteiger partial charge in [0.15, 0.2) is 4.96 Å². The van der Waals surface area contributed by atoms with Crippen LogP contribution in [0.15, 0.2) is 59.3 Å². The molecule has 1 aliphatic rings. The van der Waals surface area contributed by atoms with Gasteiger partial charge >= 0.3 is 6.03 Å². The number of hydrogen-bond acceptors (Lipinski definition) is 8. The number of rotatable bonds is 11. The van der Waals surface area contributed by atoms with Gasteiger partial charge in [0.25, 0.3) is 0 Å². The number of urea groups is 1. The lowest BCUT2D eigenvalue weighted by atomic mass is 9.89. The van der Waals surface area contributed by atoms with E-state index in [1.807, 2.05) is 28.8 Å². The van der Waals surface area contributed by atoms with Crippen LogP contribution in [-0.4, -0.2) is 84.9 Å². The number of alkyl halides is 3. The van der Waals surface area contributed by atoms with Gasteiger partial charge in [0, 0.05) is 45.8 Å². The zero-order chi connectivity index (χ0) is 33.3. The normalized spacial score (nSPS) is 22.6. The Labute approximate surface area is 254 Å². The van der Waals surface area contributed by atoms with E-state index in [0.717, 1.165) is 26.8 Å². The van der Waals surface area contributed by atoms with Gasteiger partial charge in [-0.25, -0.2) is 22.9 Å². The third kappa shape index (κ3) is 6.17. The SMILES string of the molecule is [2H]C1OC([2H])C([2H])N(CCOc2ccc3c(c2)sc2nc(-c4ccc(NC(=O)Nc5cc(C(CF)(CF)CF)no5)cc4)cn23)C1[2H]. The topological polar surface area (TPSA) is 106 Å². The minimum atomic E-state index is -2.06. The molecule has 4 atom stereocenters. The van der Waals surface area contributed by atoms with Gasteiger partial charge in [-0.2, -0.15) is 0 Å². The number of anilines is 2. The average molecular weight is 619 g/mol. The van der Waals surface area contributed by atoms with Crippen LogP contribution in [-0.2, 0) is 10.2 Å². The summed E-state index contributed by atoms with van der Waals surface area (Å²) in [6, 6.07) is 12.9.